The first-order valence-electron chi connectivity index (χ1n) is 8.61. The molecule has 136 valence electrons. The molecule has 1 heterocycles. The van der Waals surface area contributed by atoms with Gasteiger partial charge in [-0.25, -0.2) is 4.98 Å². The summed E-state index contributed by atoms with van der Waals surface area (Å²) in [5.41, 5.74) is 2.81. The standard InChI is InChI=1S/C20H23N3O3/c1-25-15-9-10-18(26-2)14(12-15)13-20(24)21-11-5-8-19-22-16-6-3-4-7-17(16)23-19/h3-4,6-7,9-10,12H,5,8,11,13H2,1-2H3,(H,21,24)(H,22,23). The highest BCUT2D eigenvalue weighted by Gasteiger charge is 2.10. The molecule has 0 aliphatic carbocycles. The van der Waals surface area contributed by atoms with Gasteiger partial charge >= 0.3 is 0 Å². The van der Waals surface area contributed by atoms with Crippen LogP contribution in [0.1, 0.15) is 17.8 Å². The fourth-order valence-corrected chi connectivity index (χ4v) is 2.86. The van der Waals surface area contributed by atoms with Crippen molar-refractivity contribution in [1.29, 1.82) is 0 Å². The summed E-state index contributed by atoms with van der Waals surface area (Å²) >= 11 is 0. The predicted octanol–water partition coefficient (Wildman–Crippen LogP) is 2.87. The van der Waals surface area contributed by atoms with Gasteiger partial charge in [-0.05, 0) is 36.8 Å². The van der Waals surface area contributed by atoms with Gasteiger partial charge in [0.05, 0.1) is 31.7 Å². The molecule has 1 amide bonds. The number of benzene rings is 2. The van der Waals surface area contributed by atoms with Gasteiger partial charge < -0.3 is 19.8 Å². The van der Waals surface area contributed by atoms with Crippen molar-refractivity contribution in [3.8, 4) is 11.5 Å². The van der Waals surface area contributed by atoms with Crippen molar-refractivity contribution in [1.82, 2.24) is 15.3 Å². The number of H-pyrrole nitrogens is 1. The minimum atomic E-state index is -0.0406. The number of ether oxygens (including phenoxy) is 2. The summed E-state index contributed by atoms with van der Waals surface area (Å²) in [5, 5.41) is 2.95. The first-order valence-corrected chi connectivity index (χ1v) is 8.61. The van der Waals surface area contributed by atoms with Crippen LogP contribution in [0.4, 0.5) is 0 Å². The molecule has 3 rings (SSSR count). The lowest BCUT2D eigenvalue weighted by Gasteiger charge is -2.10. The molecule has 2 aromatic carbocycles. The molecular weight excluding hydrogens is 330 g/mol. The molecule has 0 saturated carbocycles. The summed E-state index contributed by atoms with van der Waals surface area (Å²) < 4.78 is 10.5. The number of aryl methyl sites for hydroxylation is 1. The molecule has 0 aliphatic heterocycles. The zero-order valence-corrected chi connectivity index (χ0v) is 15.0. The van der Waals surface area contributed by atoms with Crippen LogP contribution < -0.4 is 14.8 Å². The maximum atomic E-state index is 12.2. The van der Waals surface area contributed by atoms with Crippen LogP contribution >= 0.6 is 0 Å². The SMILES string of the molecule is COc1ccc(OC)c(CC(=O)NCCCc2nc3ccccc3[nH]2)c1. The Morgan fingerprint density at radius 3 is 2.77 bits per heavy atom. The lowest BCUT2D eigenvalue weighted by Crippen LogP contribution is -2.26. The number of methoxy groups -OCH3 is 2. The molecule has 26 heavy (non-hydrogen) atoms. The van der Waals surface area contributed by atoms with Crippen LogP contribution in [0.2, 0.25) is 0 Å². The third-order valence-corrected chi connectivity index (χ3v) is 4.19. The van der Waals surface area contributed by atoms with Crippen molar-refractivity contribution < 1.29 is 14.3 Å². The Labute approximate surface area is 152 Å². The number of aromatic amines is 1. The predicted molar refractivity (Wildman–Crippen MR) is 101 cm³/mol. The van der Waals surface area contributed by atoms with Gasteiger partial charge in [-0.15, -0.1) is 0 Å². The van der Waals surface area contributed by atoms with E-state index in [0.29, 0.717) is 18.0 Å². The van der Waals surface area contributed by atoms with Gasteiger partial charge in [0, 0.05) is 18.5 Å². The van der Waals surface area contributed by atoms with E-state index in [2.05, 4.69) is 15.3 Å². The van der Waals surface area contributed by atoms with Crippen molar-refractivity contribution in [3.63, 3.8) is 0 Å². The zero-order chi connectivity index (χ0) is 18.4. The van der Waals surface area contributed by atoms with E-state index in [1.807, 2.05) is 42.5 Å². The fraction of sp³-hybridized carbons (Fsp3) is 0.300. The van der Waals surface area contributed by atoms with Gasteiger partial charge in [-0.2, -0.15) is 0 Å². The van der Waals surface area contributed by atoms with Gasteiger partial charge in [0.15, 0.2) is 0 Å². The molecule has 0 fully saturated rings. The Balaban J connectivity index is 1.48. The van der Waals surface area contributed by atoms with Gasteiger partial charge in [0.2, 0.25) is 5.91 Å². The zero-order valence-electron chi connectivity index (χ0n) is 15.0. The second-order valence-electron chi connectivity index (χ2n) is 6.01. The number of hydrogen-bond donors (Lipinski definition) is 2. The fourth-order valence-electron chi connectivity index (χ4n) is 2.86. The molecule has 1 aromatic heterocycles. The van der Waals surface area contributed by atoms with Crippen LogP contribution in [0.15, 0.2) is 42.5 Å². The van der Waals surface area contributed by atoms with Crippen molar-refractivity contribution in [3.05, 3.63) is 53.9 Å². The Kier molecular flexibility index (Phi) is 5.73. The molecule has 0 saturated heterocycles. The smallest absolute Gasteiger partial charge is 0.224 e. The molecule has 6 nitrogen and oxygen atoms in total. The molecule has 0 spiro atoms. The molecule has 0 bridgehead atoms. The monoisotopic (exact) mass is 353 g/mol. The number of imidazole rings is 1. The third-order valence-electron chi connectivity index (χ3n) is 4.19. The first-order chi connectivity index (χ1) is 12.7. The first kappa shape index (κ1) is 17.8. The number of rotatable bonds is 8. The van der Waals surface area contributed by atoms with Gasteiger partial charge in [0.1, 0.15) is 17.3 Å². The molecule has 6 heteroatoms. The number of fused-ring (bicyclic) bond motifs is 1. The Morgan fingerprint density at radius 1 is 1.15 bits per heavy atom. The average Bonchev–Trinajstić information content (AvgIpc) is 3.08. The molecule has 0 aliphatic rings. The Hall–Kier alpha value is -3.02. The number of hydrogen-bond acceptors (Lipinski definition) is 4. The van der Waals surface area contributed by atoms with Crippen LogP contribution in [0.25, 0.3) is 11.0 Å². The van der Waals surface area contributed by atoms with E-state index in [1.165, 1.54) is 0 Å². The summed E-state index contributed by atoms with van der Waals surface area (Å²) in [7, 11) is 3.19. The quantitative estimate of drug-likeness (QED) is 0.611. The maximum Gasteiger partial charge on any atom is 0.224 e. The van der Waals surface area contributed by atoms with E-state index in [4.69, 9.17) is 9.47 Å². The van der Waals surface area contributed by atoms with E-state index < -0.39 is 0 Å². The van der Waals surface area contributed by atoms with Crippen LogP contribution in [0.3, 0.4) is 0 Å². The molecular formula is C20H23N3O3. The van der Waals surface area contributed by atoms with E-state index in [0.717, 1.165) is 35.3 Å². The van der Waals surface area contributed by atoms with E-state index in [9.17, 15) is 4.79 Å². The number of aromatic nitrogens is 2. The summed E-state index contributed by atoms with van der Waals surface area (Å²) in [6.07, 6.45) is 1.86. The van der Waals surface area contributed by atoms with Crippen LogP contribution in [-0.4, -0.2) is 36.6 Å². The van der Waals surface area contributed by atoms with Crippen LogP contribution in [-0.2, 0) is 17.6 Å². The summed E-state index contributed by atoms with van der Waals surface area (Å²) in [4.78, 5) is 20.0. The third kappa shape index (κ3) is 4.33. The number of para-hydroxylation sites is 2. The second kappa shape index (κ2) is 8.38. The highest BCUT2D eigenvalue weighted by Crippen LogP contribution is 2.24. The number of nitrogens with one attached hydrogen (secondary N) is 2. The van der Waals surface area contributed by atoms with Crippen LogP contribution in [0.5, 0.6) is 11.5 Å². The van der Waals surface area contributed by atoms with Gasteiger partial charge in [0.25, 0.3) is 0 Å². The second-order valence-corrected chi connectivity index (χ2v) is 6.01. The van der Waals surface area contributed by atoms with Crippen molar-refractivity contribution in [2.75, 3.05) is 20.8 Å². The van der Waals surface area contributed by atoms with Gasteiger partial charge in [-0.1, -0.05) is 12.1 Å². The molecule has 0 radical (unpaired) electrons. The Morgan fingerprint density at radius 2 is 2.00 bits per heavy atom. The average molecular weight is 353 g/mol. The number of amides is 1. The van der Waals surface area contributed by atoms with E-state index in [1.54, 1.807) is 14.2 Å². The van der Waals surface area contributed by atoms with Crippen LogP contribution in [0, 0.1) is 0 Å². The largest absolute Gasteiger partial charge is 0.497 e. The number of carbonyl (C=O) groups is 1. The number of nitrogens with zero attached hydrogens (tertiary/aromatic N) is 1. The number of carbonyl (C=O) groups excluding carboxylic acids is 1. The highest BCUT2D eigenvalue weighted by molar-refractivity contribution is 5.79. The van der Waals surface area contributed by atoms with Crippen molar-refractivity contribution >= 4 is 16.9 Å². The highest BCUT2D eigenvalue weighted by atomic mass is 16.5. The molecule has 0 unspecified atom stereocenters. The molecule has 3 aromatic rings. The molecule has 2 N–H and O–H groups in total. The lowest BCUT2D eigenvalue weighted by atomic mass is 10.1. The minimum Gasteiger partial charge on any atom is -0.497 e. The Bertz CT molecular complexity index is 856. The lowest BCUT2D eigenvalue weighted by molar-refractivity contribution is -0.120. The normalized spacial score (nSPS) is 10.7. The van der Waals surface area contributed by atoms with Crippen molar-refractivity contribution in [2.45, 2.75) is 19.3 Å². The molecule has 0 atom stereocenters. The van der Waals surface area contributed by atoms with Gasteiger partial charge in [-0.3, -0.25) is 4.79 Å². The summed E-state index contributed by atoms with van der Waals surface area (Å²) in [5.74, 6) is 2.29. The maximum absolute atomic E-state index is 12.2. The topological polar surface area (TPSA) is 76.2 Å². The van der Waals surface area contributed by atoms with E-state index in [-0.39, 0.29) is 12.3 Å². The minimum absolute atomic E-state index is 0.0406. The van der Waals surface area contributed by atoms with E-state index >= 15 is 0 Å². The summed E-state index contributed by atoms with van der Waals surface area (Å²) in [6, 6.07) is 13.4. The summed E-state index contributed by atoms with van der Waals surface area (Å²) in [6.45, 7) is 0.599. The van der Waals surface area contributed by atoms with Crippen molar-refractivity contribution in [2.24, 2.45) is 0 Å².